The molecule has 1 saturated heterocycles. The number of esters is 1. The van der Waals surface area contributed by atoms with Gasteiger partial charge >= 0.3 is 5.97 Å². The van der Waals surface area contributed by atoms with Gasteiger partial charge in [-0.2, -0.15) is 0 Å². The summed E-state index contributed by atoms with van der Waals surface area (Å²) in [5, 5.41) is 2.63. The van der Waals surface area contributed by atoms with Crippen LogP contribution in [-0.4, -0.2) is 50.6 Å². The minimum absolute atomic E-state index is 0.0480. The largest absolute Gasteiger partial charge is 0.482 e. The van der Waals surface area contributed by atoms with E-state index in [1.54, 1.807) is 13.0 Å². The first-order chi connectivity index (χ1) is 12.5. The quantitative estimate of drug-likeness (QED) is 0.704. The van der Waals surface area contributed by atoms with Crippen LogP contribution in [0.1, 0.15) is 44.2 Å². The van der Waals surface area contributed by atoms with E-state index in [0.717, 1.165) is 5.56 Å². The lowest BCUT2D eigenvalue weighted by Crippen LogP contribution is -2.48. The predicted molar refractivity (Wildman–Crippen MR) is 102 cm³/mol. The zero-order valence-electron chi connectivity index (χ0n) is 16.2. The molecule has 1 aromatic rings. The third-order valence-electron chi connectivity index (χ3n) is 4.53. The van der Waals surface area contributed by atoms with E-state index in [0.29, 0.717) is 18.1 Å². The Balaban J connectivity index is 1.76. The molecular formula is C19H27NO6S. The number of rotatable bonds is 7. The molecule has 0 aliphatic carbocycles. The Labute approximate surface area is 160 Å². The smallest absolute Gasteiger partial charge is 0.344 e. The minimum atomic E-state index is -3.12. The highest BCUT2D eigenvalue weighted by atomic mass is 32.2. The molecule has 1 amide bonds. The maximum absolute atomic E-state index is 11.9. The SMILES string of the molecule is Cc1cc(OCC(=O)OCC(=O)N[C@@]2(C)CCS(=O)(=O)C2)ccc1C(C)C. The summed E-state index contributed by atoms with van der Waals surface area (Å²) in [5.74, 6) is -0.290. The first-order valence-electron chi connectivity index (χ1n) is 8.90. The van der Waals surface area contributed by atoms with Gasteiger partial charge in [0, 0.05) is 0 Å². The van der Waals surface area contributed by atoms with Gasteiger partial charge in [-0.15, -0.1) is 0 Å². The van der Waals surface area contributed by atoms with Crippen molar-refractivity contribution in [3.05, 3.63) is 29.3 Å². The molecule has 0 aromatic heterocycles. The zero-order valence-corrected chi connectivity index (χ0v) is 17.0. The van der Waals surface area contributed by atoms with Gasteiger partial charge < -0.3 is 14.8 Å². The van der Waals surface area contributed by atoms with Crippen LogP contribution in [0, 0.1) is 6.92 Å². The molecule has 27 heavy (non-hydrogen) atoms. The summed E-state index contributed by atoms with van der Waals surface area (Å²) in [6.45, 7) is 7.08. The molecule has 150 valence electrons. The van der Waals surface area contributed by atoms with Crippen LogP contribution in [0.15, 0.2) is 18.2 Å². The van der Waals surface area contributed by atoms with E-state index in [1.807, 2.05) is 19.1 Å². The molecule has 1 atom stereocenters. The lowest BCUT2D eigenvalue weighted by Gasteiger charge is -2.23. The second-order valence-corrected chi connectivity index (χ2v) is 9.76. The molecule has 1 aliphatic rings. The standard InChI is InChI=1S/C19H27NO6S/c1-13(2)16-6-5-15(9-14(16)3)25-11-18(22)26-10-17(21)20-19(4)7-8-27(23,24)12-19/h5-6,9,13H,7-8,10-12H2,1-4H3,(H,20,21)/t19-/m0/s1. The summed E-state index contributed by atoms with van der Waals surface area (Å²) in [7, 11) is -3.12. The van der Waals surface area contributed by atoms with Crippen LogP contribution in [0.25, 0.3) is 0 Å². The monoisotopic (exact) mass is 397 g/mol. The van der Waals surface area contributed by atoms with Crippen LogP contribution in [0.3, 0.4) is 0 Å². The fourth-order valence-electron chi connectivity index (χ4n) is 3.20. The Morgan fingerprint density at radius 1 is 1.26 bits per heavy atom. The second-order valence-electron chi connectivity index (χ2n) is 7.57. The third-order valence-corrected chi connectivity index (χ3v) is 6.43. The fourth-order valence-corrected chi connectivity index (χ4v) is 5.29. The van der Waals surface area contributed by atoms with Gasteiger partial charge in [0.1, 0.15) is 5.75 Å². The predicted octanol–water partition coefficient (Wildman–Crippen LogP) is 1.73. The Morgan fingerprint density at radius 3 is 2.52 bits per heavy atom. The first-order valence-corrected chi connectivity index (χ1v) is 10.7. The van der Waals surface area contributed by atoms with Gasteiger partial charge in [0.05, 0.1) is 17.0 Å². The van der Waals surface area contributed by atoms with E-state index in [-0.39, 0.29) is 18.1 Å². The third kappa shape index (κ3) is 6.23. The van der Waals surface area contributed by atoms with Gasteiger partial charge in [-0.1, -0.05) is 19.9 Å². The molecule has 0 saturated carbocycles. The van der Waals surface area contributed by atoms with Crippen LogP contribution in [0.4, 0.5) is 0 Å². The Morgan fingerprint density at radius 2 is 1.96 bits per heavy atom. The molecule has 0 bridgehead atoms. The molecule has 1 aromatic carbocycles. The maximum Gasteiger partial charge on any atom is 0.344 e. The Bertz CT molecular complexity index is 817. The van der Waals surface area contributed by atoms with Crippen LogP contribution >= 0.6 is 0 Å². The Kier molecular flexibility index (Phi) is 6.51. The lowest BCUT2D eigenvalue weighted by atomic mass is 9.98. The molecule has 0 spiro atoms. The van der Waals surface area contributed by atoms with Crippen molar-refractivity contribution in [2.24, 2.45) is 0 Å². The molecule has 1 fully saturated rings. The number of aryl methyl sites for hydroxylation is 1. The topological polar surface area (TPSA) is 98.8 Å². The summed E-state index contributed by atoms with van der Waals surface area (Å²) in [6.07, 6.45) is 0.351. The van der Waals surface area contributed by atoms with Gasteiger partial charge in [0.15, 0.2) is 23.1 Å². The molecule has 1 heterocycles. The molecule has 8 heteroatoms. The number of carbonyl (C=O) groups is 2. The maximum atomic E-state index is 11.9. The molecule has 1 aliphatic heterocycles. The van der Waals surface area contributed by atoms with E-state index >= 15 is 0 Å². The number of amides is 1. The van der Waals surface area contributed by atoms with E-state index in [1.165, 1.54) is 5.56 Å². The summed E-state index contributed by atoms with van der Waals surface area (Å²) >= 11 is 0. The Hall–Kier alpha value is -2.09. The zero-order chi connectivity index (χ0) is 20.2. The van der Waals surface area contributed by atoms with E-state index in [9.17, 15) is 18.0 Å². The normalized spacial score (nSPS) is 21.1. The van der Waals surface area contributed by atoms with Crippen molar-refractivity contribution < 1.29 is 27.5 Å². The van der Waals surface area contributed by atoms with Gasteiger partial charge in [0.25, 0.3) is 5.91 Å². The number of benzene rings is 1. The highest BCUT2D eigenvalue weighted by Gasteiger charge is 2.39. The second kappa shape index (κ2) is 8.29. The van der Waals surface area contributed by atoms with Gasteiger partial charge in [-0.25, -0.2) is 13.2 Å². The number of ether oxygens (including phenoxy) is 2. The summed E-state index contributed by atoms with van der Waals surface area (Å²) in [5.41, 5.74) is 1.48. The van der Waals surface area contributed by atoms with Crippen molar-refractivity contribution in [3.8, 4) is 5.75 Å². The van der Waals surface area contributed by atoms with Crippen LogP contribution in [0.5, 0.6) is 5.75 Å². The van der Waals surface area contributed by atoms with Gasteiger partial charge in [-0.3, -0.25) is 4.79 Å². The van der Waals surface area contributed by atoms with Crippen molar-refractivity contribution >= 4 is 21.7 Å². The summed E-state index contributed by atoms with van der Waals surface area (Å²) < 4.78 is 33.4. The number of carbonyl (C=O) groups excluding carboxylic acids is 2. The van der Waals surface area contributed by atoms with Crippen LogP contribution < -0.4 is 10.1 Å². The number of hydrogen-bond acceptors (Lipinski definition) is 6. The molecule has 2 rings (SSSR count). The van der Waals surface area contributed by atoms with Gasteiger partial charge in [-0.05, 0) is 49.4 Å². The van der Waals surface area contributed by atoms with Crippen LogP contribution in [-0.2, 0) is 24.2 Å². The van der Waals surface area contributed by atoms with E-state index in [4.69, 9.17) is 9.47 Å². The molecule has 0 unspecified atom stereocenters. The average Bonchev–Trinajstić information content (AvgIpc) is 2.83. The van der Waals surface area contributed by atoms with E-state index < -0.39 is 33.9 Å². The first kappa shape index (κ1) is 21.2. The molecule has 7 nitrogen and oxygen atoms in total. The fraction of sp³-hybridized carbons (Fsp3) is 0.579. The average molecular weight is 397 g/mol. The number of nitrogens with one attached hydrogen (secondary N) is 1. The summed E-state index contributed by atoms with van der Waals surface area (Å²) in [6, 6.07) is 5.62. The van der Waals surface area contributed by atoms with Crippen molar-refractivity contribution in [1.82, 2.24) is 5.32 Å². The molecular weight excluding hydrogens is 370 g/mol. The van der Waals surface area contributed by atoms with Gasteiger partial charge in [0.2, 0.25) is 0 Å². The van der Waals surface area contributed by atoms with Crippen molar-refractivity contribution in [2.75, 3.05) is 24.7 Å². The molecule has 0 radical (unpaired) electrons. The summed E-state index contributed by atoms with van der Waals surface area (Å²) in [4.78, 5) is 23.7. The number of hydrogen-bond donors (Lipinski definition) is 1. The highest BCUT2D eigenvalue weighted by Crippen LogP contribution is 2.24. The lowest BCUT2D eigenvalue weighted by molar-refractivity contribution is -0.150. The minimum Gasteiger partial charge on any atom is -0.482 e. The van der Waals surface area contributed by atoms with Crippen molar-refractivity contribution in [3.63, 3.8) is 0 Å². The highest BCUT2D eigenvalue weighted by molar-refractivity contribution is 7.91. The van der Waals surface area contributed by atoms with Crippen molar-refractivity contribution in [1.29, 1.82) is 0 Å². The van der Waals surface area contributed by atoms with Crippen molar-refractivity contribution in [2.45, 2.75) is 45.6 Å². The number of sulfone groups is 1. The van der Waals surface area contributed by atoms with Crippen LogP contribution in [0.2, 0.25) is 0 Å². The molecule has 1 N–H and O–H groups in total. The van der Waals surface area contributed by atoms with E-state index in [2.05, 4.69) is 19.2 Å².